The SMILES string of the molecule is CCOc1ccc(C(=O)NCC(=O)OCc2nnc(-c3cc(C)oc3C)o2)cc1. The molecule has 0 fully saturated rings. The number of hydrogen-bond donors (Lipinski definition) is 1. The Bertz CT molecular complexity index is 990. The van der Waals surface area contributed by atoms with Crippen LogP contribution < -0.4 is 10.1 Å². The van der Waals surface area contributed by atoms with Crippen molar-refractivity contribution in [3.63, 3.8) is 0 Å². The Kier molecular flexibility index (Phi) is 6.28. The van der Waals surface area contributed by atoms with E-state index in [4.69, 9.17) is 18.3 Å². The average Bonchev–Trinajstić information content (AvgIpc) is 3.31. The average molecular weight is 399 g/mol. The standard InChI is InChI=1S/C20H21N3O6/c1-4-26-15-7-5-14(6-8-15)19(25)21-10-18(24)27-11-17-22-23-20(29-17)16-9-12(2)28-13(16)3/h5-9H,4,10-11H2,1-3H3,(H,21,25). The van der Waals surface area contributed by atoms with Crippen LogP contribution in [-0.4, -0.2) is 35.2 Å². The third-order valence-corrected chi connectivity index (χ3v) is 3.92. The number of aromatic nitrogens is 2. The number of nitrogens with zero attached hydrogens (tertiary/aromatic N) is 2. The molecule has 29 heavy (non-hydrogen) atoms. The normalized spacial score (nSPS) is 10.6. The van der Waals surface area contributed by atoms with Crippen LogP contribution in [-0.2, 0) is 16.1 Å². The molecule has 3 rings (SSSR count). The number of carbonyl (C=O) groups excluding carboxylic acids is 2. The van der Waals surface area contributed by atoms with E-state index in [0.29, 0.717) is 29.2 Å². The van der Waals surface area contributed by atoms with Gasteiger partial charge >= 0.3 is 5.97 Å². The molecular formula is C20H21N3O6. The van der Waals surface area contributed by atoms with E-state index in [2.05, 4.69) is 15.5 Å². The van der Waals surface area contributed by atoms with E-state index in [1.54, 1.807) is 37.3 Å². The third-order valence-electron chi connectivity index (χ3n) is 3.92. The number of rotatable bonds is 8. The van der Waals surface area contributed by atoms with E-state index in [-0.39, 0.29) is 24.9 Å². The van der Waals surface area contributed by atoms with Gasteiger partial charge in [0.15, 0.2) is 6.61 Å². The molecule has 1 amide bonds. The molecule has 0 spiro atoms. The van der Waals surface area contributed by atoms with Crippen molar-refractivity contribution in [2.45, 2.75) is 27.4 Å². The number of carbonyl (C=O) groups is 2. The van der Waals surface area contributed by atoms with Crippen LogP contribution in [0.2, 0.25) is 0 Å². The zero-order valence-electron chi connectivity index (χ0n) is 16.4. The molecule has 152 valence electrons. The molecular weight excluding hydrogens is 378 g/mol. The molecule has 1 aromatic carbocycles. The second-order valence-electron chi connectivity index (χ2n) is 6.13. The summed E-state index contributed by atoms with van der Waals surface area (Å²) in [5.41, 5.74) is 1.10. The van der Waals surface area contributed by atoms with Gasteiger partial charge in [-0.15, -0.1) is 10.2 Å². The first kappa shape index (κ1) is 20.1. The fourth-order valence-corrected chi connectivity index (χ4v) is 2.58. The molecule has 0 bridgehead atoms. The number of esters is 1. The van der Waals surface area contributed by atoms with Crippen molar-refractivity contribution in [2.75, 3.05) is 13.2 Å². The molecule has 0 radical (unpaired) electrons. The Hall–Kier alpha value is -3.62. The van der Waals surface area contributed by atoms with Gasteiger partial charge in [-0.25, -0.2) is 0 Å². The zero-order valence-corrected chi connectivity index (χ0v) is 16.4. The summed E-state index contributed by atoms with van der Waals surface area (Å²) in [6.45, 7) is 5.55. The van der Waals surface area contributed by atoms with Crippen molar-refractivity contribution >= 4 is 11.9 Å². The van der Waals surface area contributed by atoms with E-state index in [0.717, 1.165) is 5.76 Å². The molecule has 0 aliphatic heterocycles. The summed E-state index contributed by atoms with van der Waals surface area (Å²) in [5.74, 6) is 1.47. The fourth-order valence-electron chi connectivity index (χ4n) is 2.58. The lowest BCUT2D eigenvalue weighted by Crippen LogP contribution is -2.30. The summed E-state index contributed by atoms with van der Waals surface area (Å²) in [6, 6.07) is 8.39. The lowest BCUT2D eigenvalue weighted by molar-refractivity contribution is -0.144. The maximum Gasteiger partial charge on any atom is 0.325 e. The molecule has 0 saturated carbocycles. The molecule has 0 aliphatic rings. The summed E-state index contributed by atoms with van der Waals surface area (Å²) in [7, 11) is 0. The van der Waals surface area contributed by atoms with Crippen molar-refractivity contribution in [1.29, 1.82) is 0 Å². The van der Waals surface area contributed by atoms with Crippen LogP contribution in [0.4, 0.5) is 0 Å². The topological polar surface area (TPSA) is 117 Å². The summed E-state index contributed by atoms with van der Waals surface area (Å²) in [5, 5.41) is 10.3. The van der Waals surface area contributed by atoms with Gasteiger partial charge in [0.05, 0.1) is 12.2 Å². The maximum atomic E-state index is 12.1. The highest BCUT2D eigenvalue weighted by Gasteiger charge is 2.16. The second kappa shape index (κ2) is 9.05. The summed E-state index contributed by atoms with van der Waals surface area (Å²) < 4.78 is 21.3. The first-order valence-electron chi connectivity index (χ1n) is 9.02. The molecule has 9 nitrogen and oxygen atoms in total. The van der Waals surface area contributed by atoms with Crippen LogP contribution in [0.25, 0.3) is 11.5 Å². The second-order valence-corrected chi connectivity index (χ2v) is 6.13. The minimum Gasteiger partial charge on any atom is -0.494 e. The fraction of sp³-hybridized carbons (Fsp3) is 0.300. The lowest BCUT2D eigenvalue weighted by Gasteiger charge is -2.06. The number of nitrogens with one attached hydrogen (secondary N) is 1. The van der Waals surface area contributed by atoms with E-state index < -0.39 is 11.9 Å². The van der Waals surface area contributed by atoms with Crippen LogP contribution in [0.3, 0.4) is 0 Å². The van der Waals surface area contributed by atoms with Crippen LogP contribution >= 0.6 is 0 Å². The lowest BCUT2D eigenvalue weighted by atomic mass is 10.2. The molecule has 0 saturated heterocycles. The highest BCUT2D eigenvalue weighted by molar-refractivity contribution is 5.96. The van der Waals surface area contributed by atoms with Gasteiger partial charge < -0.3 is 23.6 Å². The van der Waals surface area contributed by atoms with Crippen molar-refractivity contribution in [1.82, 2.24) is 15.5 Å². The first-order valence-corrected chi connectivity index (χ1v) is 9.02. The van der Waals surface area contributed by atoms with Gasteiger partial charge in [0, 0.05) is 5.56 Å². The van der Waals surface area contributed by atoms with E-state index >= 15 is 0 Å². The predicted octanol–water partition coefficient (Wildman–Crippen LogP) is 2.82. The van der Waals surface area contributed by atoms with Gasteiger partial charge in [-0.3, -0.25) is 9.59 Å². The summed E-state index contributed by atoms with van der Waals surface area (Å²) in [6.07, 6.45) is 0. The van der Waals surface area contributed by atoms with E-state index in [1.165, 1.54) is 0 Å². The Morgan fingerprint density at radius 3 is 2.52 bits per heavy atom. The van der Waals surface area contributed by atoms with Crippen molar-refractivity contribution in [3.8, 4) is 17.2 Å². The maximum absolute atomic E-state index is 12.1. The van der Waals surface area contributed by atoms with Crippen molar-refractivity contribution in [2.24, 2.45) is 0 Å². The highest BCUT2D eigenvalue weighted by atomic mass is 16.5. The van der Waals surface area contributed by atoms with Crippen molar-refractivity contribution in [3.05, 3.63) is 53.3 Å². The number of furan rings is 1. The minimum absolute atomic E-state index is 0.143. The molecule has 2 aromatic heterocycles. The molecule has 0 unspecified atom stereocenters. The number of hydrogen-bond acceptors (Lipinski definition) is 8. The molecule has 0 atom stereocenters. The smallest absolute Gasteiger partial charge is 0.325 e. The molecule has 2 heterocycles. The quantitative estimate of drug-likeness (QED) is 0.575. The summed E-state index contributed by atoms with van der Waals surface area (Å²) >= 11 is 0. The van der Waals surface area contributed by atoms with Crippen molar-refractivity contribution < 1.29 is 27.9 Å². The Morgan fingerprint density at radius 2 is 1.86 bits per heavy atom. The molecule has 1 N–H and O–H groups in total. The monoisotopic (exact) mass is 399 g/mol. The first-order chi connectivity index (χ1) is 14.0. The molecule has 9 heteroatoms. The number of amides is 1. The van der Waals surface area contributed by atoms with E-state index in [1.807, 2.05) is 13.8 Å². The van der Waals surface area contributed by atoms with Gasteiger partial charge in [0.1, 0.15) is 23.8 Å². The van der Waals surface area contributed by atoms with Gasteiger partial charge in [-0.1, -0.05) is 0 Å². The third kappa shape index (κ3) is 5.22. The number of benzene rings is 1. The molecule has 0 aliphatic carbocycles. The summed E-state index contributed by atoms with van der Waals surface area (Å²) in [4.78, 5) is 23.9. The Morgan fingerprint density at radius 1 is 1.10 bits per heavy atom. The number of aryl methyl sites for hydroxylation is 2. The van der Waals surface area contributed by atoms with Crippen LogP contribution in [0.15, 0.2) is 39.2 Å². The van der Waals surface area contributed by atoms with Crippen LogP contribution in [0, 0.1) is 13.8 Å². The van der Waals surface area contributed by atoms with Gasteiger partial charge in [0.25, 0.3) is 17.7 Å². The Balaban J connectivity index is 1.46. The zero-order chi connectivity index (χ0) is 20.8. The number of ether oxygens (including phenoxy) is 2. The van der Waals surface area contributed by atoms with E-state index in [9.17, 15) is 9.59 Å². The Labute approximate surface area is 167 Å². The predicted molar refractivity (Wildman–Crippen MR) is 101 cm³/mol. The van der Waals surface area contributed by atoms with Gasteiger partial charge in [0.2, 0.25) is 0 Å². The van der Waals surface area contributed by atoms with Crippen LogP contribution in [0.5, 0.6) is 5.75 Å². The van der Waals surface area contributed by atoms with Gasteiger partial charge in [-0.2, -0.15) is 0 Å². The largest absolute Gasteiger partial charge is 0.494 e. The highest BCUT2D eigenvalue weighted by Crippen LogP contribution is 2.25. The minimum atomic E-state index is -0.626. The molecule has 3 aromatic rings. The van der Waals surface area contributed by atoms with Gasteiger partial charge in [-0.05, 0) is 51.1 Å². The van der Waals surface area contributed by atoms with Crippen LogP contribution in [0.1, 0.15) is 34.7 Å².